The number of amides is 1. The molecule has 0 saturated carbocycles. The summed E-state index contributed by atoms with van der Waals surface area (Å²) in [6.07, 6.45) is 4.26. The Morgan fingerprint density at radius 2 is 1.69 bits per heavy atom. The smallest absolute Gasteiger partial charge is 0.251 e. The molecule has 0 unspecified atom stereocenters. The second kappa shape index (κ2) is 9.60. The van der Waals surface area contributed by atoms with Crippen molar-refractivity contribution in [3.05, 3.63) is 90.0 Å². The van der Waals surface area contributed by atoms with Crippen molar-refractivity contribution in [1.82, 2.24) is 0 Å². The Labute approximate surface area is 189 Å². The highest BCUT2D eigenvalue weighted by Crippen LogP contribution is 2.39. The van der Waals surface area contributed by atoms with Crippen LogP contribution in [-0.4, -0.2) is 26.2 Å². The molecule has 2 atom stereocenters. The number of hydrogen-bond donors (Lipinski definition) is 1. The van der Waals surface area contributed by atoms with Gasteiger partial charge in [-0.15, -0.1) is 0 Å². The van der Waals surface area contributed by atoms with E-state index in [-0.39, 0.29) is 18.0 Å². The van der Waals surface area contributed by atoms with Crippen molar-refractivity contribution < 1.29 is 14.3 Å². The lowest BCUT2D eigenvalue weighted by Gasteiger charge is -2.39. The highest BCUT2D eigenvalue weighted by Gasteiger charge is 2.32. The molecule has 0 radical (unpaired) electrons. The van der Waals surface area contributed by atoms with E-state index in [2.05, 4.69) is 30.4 Å². The van der Waals surface area contributed by atoms with Crippen LogP contribution in [0.15, 0.2) is 78.9 Å². The molecule has 3 aromatic carbocycles. The summed E-state index contributed by atoms with van der Waals surface area (Å²) in [5.74, 6) is 1.25. The number of rotatable bonds is 6. The van der Waals surface area contributed by atoms with Crippen LogP contribution in [0.2, 0.25) is 0 Å². The van der Waals surface area contributed by atoms with Crippen LogP contribution in [0, 0.1) is 0 Å². The Morgan fingerprint density at radius 1 is 0.969 bits per heavy atom. The number of nitrogens with one attached hydrogen (secondary N) is 1. The van der Waals surface area contributed by atoms with Gasteiger partial charge in [-0.1, -0.05) is 42.5 Å². The van der Waals surface area contributed by atoms with Crippen LogP contribution in [0.25, 0.3) is 6.08 Å². The van der Waals surface area contributed by atoms with Crippen LogP contribution in [0.4, 0.5) is 11.4 Å². The number of para-hydroxylation sites is 2. The molecule has 5 heteroatoms. The first-order chi connectivity index (χ1) is 15.6. The van der Waals surface area contributed by atoms with Crippen LogP contribution in [0.3, 0.4) is 0 Å². The minimum absolute atomic E-state index is 0.0436. The zero-order valence-corrected chi connectivity index (χ0v) is 18.6. The molecule has 4 rings (SSSR count). The van der Waals surface area contributed by atoms with Crippen LogP contribution >= 0.6 is 0 Å². The van der Waals surface area contributed by atoms with E-state index in [0.717, 1.165) is 28.9 Å². The van der Waals surface area contributed by atoms with Crippen molar-refractivity contribution in [1.29, 1.82) is 0 Å². The predicted octanol–water partition coefficient (Wildman–Crippen LogP) is 5.70. The fraction of sp³-hybridized carbons (Fsp3) is 0.222. The fourth-order valence-electron chi connectivity index (χ4n) is 4.22. The Balaban J connectivity index is 1.58. The van der Waals surface area contributed by atoms with Gasteiger partial charge in [-0.3, -0.25) is 4.79 Å². The molecule has 3 aromatic rings. The summed E-state index contributed by atoms with van der Waals surface area (Å²) in [5.41, 5.74) is 4.02. The summed E-state index contributed by atoms with van der Waals surface area (Å²) in [7, 11) is 3.20. The average molecular weight is 429 g/mol. The van der Waals surface area contributed by atoms with Crippen molar-refractivity contribution in [2.45, 2.75) is 25.4 Å². The third-order valence-corrected chi connectivity index (χ3v) is 5.77. The second-order valence-electron chi connectivity index (χ2n) is 7.86. The number of hydrogen-bond acceptors (Lipinski definition) is 4. The molecule has 1 N–H and O–H groups in total. The first-order valence-electron chi connectivity index (χ1n) is 10.7. The molecule has 0 aliphatic carbocycles. The van der Waals surface area contributed by atoms with Crippen molar-refractivity contribution >= 4 is 23.4 Å². The number of carbonyl (C=O) groups is 1. The SMILES string of the molecule is COc1ccc(/C=C/C(=O)N2c3ccccc3[C@H](Nc3ccccc3)C[C@H]2C)cc1OC. The molecule has 0 spiro atoms. The normalized spacial score (nSPS) is 17.7. The Hall–Kier alpha value is -3.73. The van der Waals surface area contributed by atoms with Crippen LogP contribution in [0.1, 0.15) is 30.5 Å². The van der Waals surface area contributed by atoms with Crippen molar-refractivity contribution in [3.8, 4) is 11.5 Å². The Kier molecular flexibility index (Phi) is 6.45. The Bertz CT molecular complexity index is 1110. The van der Waals surface area contributed by atoms with Gasteiger partial charge in [0, 0.05) is 23.5 Å². The van der Waals surface area contributed by atoms with E-state index in [9.17, 15) is 4.79 Å². The van der Waals surface area contributed by atoms with E-state index in [1.165, 1.54) is 0 Å². The van der Waals surface area contributed by atoms with Gasteiger partial charge in [0.25, 0.3) is 5.91 Å². The van der Waals surface area contributed by atoms with E-state index >= 15 is 0 Å². The standard InChI is InChI=1S/C27H28N2O3/c1-19-17-23(28-21-9-5-4-6-10-21)22-11-7-8-12-24(22)29(19)27(30)16-14-20-13-15-25(31-2)26(18-20)32-3/h4-16,18-19,23,28H,17H2,1-3H3/b16-14+/t19-,23-/m1/s1. The highest BCUT2D eigenvalue weighted by atomic mass is 16.5. The van der Waals surface area contributed by atoms with Gasteiger partial charge in [0.1, 0.15) is 0 Å². The monoisotopic (exact) mass is 428 g/mol. The maximum absolute atomic E-state index is 13.2. The van der Waals surface area contributed by atoms with E-state index in [1.807, 2.05) is 65.6 Å². The number of fused-ring (bicyclic) bond motifs is 1. The molecule has 164 valence electrons. The first-order valence-corrected chi connectivity index (χ1v) is 10.7. The van der Waals surface area contributed by atoms with Gasteiger partial charge in [-0.05, 0) is 60.9 Å². The van der Waals surface area contributed by atoms with Gasteiger partial charge in [0.15, 0.2) is 11.5 Å². The fourth-order valence-corrected chi connectivity index (χ4v) is 4.22. The minimum Gasteiger partial charge on any atom is -0.493 e. The van der Waals surface area contributed by atoms with Gasteiger partial charge >= 0.3 is 0 Å². The minimum atomic E-state index is -0.0436. The zero-order valence-electron chi connectivity index (χ0n) is 18.6. The molecular formula is C27H28N2O3. The average Bonchev–Trinajstić information content (AvgIpc) is 2.83. The molecule has 1 amide bonds. The predicted molar refractivity (Wildman–Crippen MR) is 129 cm³/mol. The highest BCUT2D eigenvalue weighted by molar-refractivity contribution is 6.05. The molecule has 0 bridgehead atoms. The van der Waals surface area contributed by atoms with Crippen molar-refractivity contribution in [2.24, 2.45) is 0 Å². The number of methoxy groups -OCH3 is 2. The largest absolute Gasteiger partial charge is 0.493 e. The third-order valence-electron chi connectivity index (χ3n) is 5.77. The van der Waals surface area contributed by atoms with E-state index in [4.69, 9.17) is 9.47 Å². The molecule has 32 heavy (non-hydrogen) atoms. The molecular weight excluding hydrogens is 400 g/mol. The van der Waals surface area contributed by atoms with Gasteiger partial charge in [0.05, 0.1) is 20.3 Å². The molecule has 0 saturated heterocycles. The van der Waals surface area contributed by atoms with E-state index in [0.29, 0.717) is 11.5 Å². The van der Waals surface area contributed by atoms with E-state index < -0.39 is 0 Å². The van der Waals surface area contributed by atoms with Crippen LogP contribution in [-0.2, 0) is 4.79 Å². The number of nitrogens with zero attached hydrogens (tertiary/aromatic N) is 1. The Morgan fingerprint density at radius 3 is 2.44 bits per heavy atom. The molecule has 5 nitrogen and oxygen atoms in total. The lowest BCUT2D eigenvalue weighted by atomic mass is 9.91. The van der Waals surface area contributed by atoms with E-state index in [1.54, 1.807) is 20.3 Å². The van der Waals surface area contributed by atoms with Crippen LogP contribution < -0.4 is 19.7 Å². The number of anilines is 2. The summed E-state index contributed by atoms with van der Waals surface area (Å²) in [6, 6.07) is 24.1. The molecule has 1 heterocycles. The lowest BCUT2D eigenvalue weighted by Crippen LogP contribution is -2.43. The lowest BCUT2D eigenvalue weighted by molar-refractivity contribution is -0.114. The maximum atomic E-state index is 13.2. The van der Waals surface area contributed by atoms with Gasteiger partial charge in [-0.2, -0.15) is 0 Å². The zero-order chi connectivity index (χ0) is 22.5. The molecule has 1 aliphatic heterocycles. The molecule has 0 fully saturated rings. The summed E-state index contributed by atoms with van der Waals surface area (Å²) in [4.78, 5) is 15.1. The summed E-state index contributed by atoms with van der Waals surface area (Å²) in [5, 5.41) is 3.63. The maximum Gasteiger partial charge on any atom is 0.251 e. The topological polar surface area (TPSA) is 50.8 Å². The number of benzene rings is 3. The van der Waals surface area contributed by atoms with Gasteiger partial charge in [0.2, 0.25) is 0 Å². The molecule has 1 aliphatic rings. The van der Waals surface area contributed by atoms with Crippen molar-refractivity contribution in [2.75, 3.05) is 24.4 Å². The van der Waals surface area contributed by atoms with Gasteiger partial charge < -0.3 is 19.7 Å². The summed E-state index contributed by atoms with van der Waals surface area (Å²) < 4.78 is 10.7. The summed E-state index contributed by atoms with van der Waals surface area (Å²) >= 11 is 0. The second-order valence-corrected chi connectivity index (χ2v) is 7.86. The quantitative estimate of drug-likeness (QED) is 0.512. The third kappa shape index (κ3) is 4.47. The number of ether oxygens (including phenoxy) is 2. The van der Waals surface area contributed by atoms with Crippen LogP contribution in [0.5, 0.6) is 11.5 Å². The summed E-state index contributed by atoms with van der Waals surface area (Å²) in [6.45, 7) is 2.10. The van der Waals surface area contributed by atoms with Crippen molar-refractivity contribution in [3.63, 3.8) is 0 Å². The number of carbonyl (C=O) groups excluding carboxylic acids is 1. The van der Waals surface area contributed by atoms with Gasteiger partial charge in [-0.25, -0.2) is 0 Å². The first kappa shape index (κ1) is 21.5. The molecule has 0 aromatic heterocycles.